The molecule has 0 atom stereocenters. The Morgan fingerprint density at radius 2 is 0.889 bits per heavy atom. The van der Waals surface area contributed by atoms with Crippen LogP contribution in [0, 0.1) is 0 Å². The number of rotatable bonds is 6. The lowest BCUT2D eigenvalue weighted by atomic mass is 10.2. The molecule has 0 radical (unpaired) electrons. The van der Waals surface area contributed by atoms with Gasteiger partial charge in [0.05, 0.1) is 11.4 Å². The third-order valence-corrected chi connectivity index (χ3v) is 5.63. The SMILES string of the molecule is CC1=CC(=O)N(c2cccc(Oc3cccc(Oc4cccc(N5C(=O)C=C(C)C5=O)c4)c3)c2)C1=O. The van der Waals surface area contributed by atoms with Crippen molar-refractivity contribution < 1.29 is 28.7 Å². The van der Waals surface area contributed by atoms with E-state index in [1.807, 2.05) is 0 Å². The monoisotopic (exact) mass is 480 g/mol. The minimum atomic E-state index is -0.393. The smallest absolute Gasteiger partial charge is 0.261 e. The average Bonchev–Trinajstić information content (AvgIpc) is 3.25. The highest BCUT2D eigenvalue weighted by Crippen LogP contribution is 2.33. The van der Waals surface area contributed by atoms with E-state index in [2.05, 4.69) is 0 Å². The molecule has 0 N–H and O–H groups in total. The molecule has 0 aliphatic carbocycles. The number of anilines is 2. The fraction of sp³-hybridized carbons (Fsp3) is 0.0714. The van der Waals surface area contributed by atoms with Gasteiger partial charge in [-0.25, -0.2) is 9.80 Å². The van der Waals surface area contributed by atoms with Gasteiger partial charge in [-0.3, -0.25) is 19.2 Å². The molecule has 5 rings (SSSR count). The fourth-order valence-corrected chi connectivity index (χ4v) is 3.91. The molecule has 2 heterocycles. The van der Waals surface area contributed by atoms with Crippen molar-refractivity contribution in [2.75, 3.05) is 9.80 Å². The maximum Gasteiger partial charge on any atom is 0.261 e. The highest BCUT2D eigenvalue weighted by Gasteiger charge is 2.31. The molecule has 2 aliphatic rings. The summed E-state index contributed by atoms with van der Waals surface area (Å²) < 4.78 is 11.9. The normalized spacial score (nSPS) is 15.4. The van der Waals surface area contributed by atoms with Crippen LogP contribution < -0.4 is 19.3 Å². The second-order valence-electron chi connectivity index (χ2n) is 8.29. The summed E-state index contributed by atoms with van der Waals surface area (Å²) in [7, 11) is 0. The van der Waals surface area contributed by atoms with Gasteiger partial charge in [-0.2, -0.15) is 0 Å². The summed E-state index contributed by atoms with van der Waals surface area (Å²) in [6.07, 6.45) is 2.61. The second kappa shape index (κ2) is 8.99. The first-order valence-corrected chi connectivity index (χ1v) is 11.1. The highest BCUT2D eigenvalue weighted by atomic mass is 16.5. The maximum absolute atomic E-state index is 12.3. The predicted octanol–water partition coefficient (Wildman–Crippen LogP) is 4.91. The van der Waals surface area contributed by atoms with Crippen molar-refractivity contribution in [2.24, 2.45) is 0 Å². The van der Waals surface area contributed by atoms with Crippen LogP contribution in [0.2, 0.25) is 0 Å². The molecule has 3 aromatic rings. The van der Waals surface area contributed by atoms with Crippen LogP contribution in [0.25, 0.3) is 0 Å². The van der Waals surface area contributed by atoms with Crippen molar-refractivity contribution in [1.29, 1.82) is 0 Å². The molecule has 0 aromatic heterocycles. The second-order valence-corrected chi connectivity index (χ2v) is 8.29. The summed E-state index contributed by atoms with van der Waals surface area (Å²) in [5, 5.41) is 0. The lowest BCUT2D eigenvalue weighted by molar-refractivity contribution is -0.121. The number of nitrogens with zero attached hydrogens (tertiary/aromatic N) is 2. The zero-order valence-corrected chi connectivity index (χ0v) is 19.4. The largest absolute Gasteiger partial charge is 0.457 e. The van der Waals surface area contributed by atoms with Crippen molar-refractivity contribution in [3.63, 3.8) is 0 Å². The Balaban J connectivity index is 1.32. The van der Waals surface area contributed by atoms with Gasteiger partial charge in [-0.05, 0) is 50.2 Å². The van der Waals surface area contributed by atoms with E-state index in [-0.39, 0.29) is 11.8 Å². The molecule has 4 amide bonds. The zero-order chi connectivity index (χ0) is 25.4. The molecule has 0 spiro atoms. The van der Waals surface area contributed by atoms with Crippen LogP contribution in [-0.4, -0.2) is 23.6 Å². The van der Waals surface area contributed by atoms with E-state index in [0.717, 1.165) is 9.80 Å². The molecule has 0 bridgehead atoms. The van der Waals surface area contributed by atoms with Gasteiger partial charge in [0.1, 0.15) is 23.0 Å². The molecule has 0 fully saturated rings. The van der Waals surface area contributed by atoms with Crippen molar-refractivity contribution in [3.05, 3.63) is 96.1 Å². The molecule has 0 saturated heterocycles. The molecule has 8 nitrogen and oxygen atoms in total. The standard InChI is InChI=1S/C28H20N2O6/c1-17-12-25(31)29(27(17)33)19-6-3-8-21(14-19)35-23-10-5-11-24(16-23)36-22-9-4-7-20(15-22)30-26(32)13-18(2)28(30)34/h3-16H,1-2H3. The van der Waals surface area contributed by atoms with Gasteiger partial charge in [0, 0.05) is 41.5 Å². The third kappa shape index (κ3) is 4.27. The molecular weight excluding hydrogens is 460 g/mol. The van der Waals surface area contributed by atoms with Crippen molar-refractivity contribution in [3.8, 4) is 23.0 Å². The van der Waals surface area contributed by atoms with E-state index in [1.165, 1.54) is 12.2 Å². The number of imide groups is 2. The van der Waals surface area contributed by atoms with Gasteiger partial charge in [0.15, 0.2) is 0 Å². The van der Waals surface area contributed by atoms with Crippen LogP contribution in [0.3, 0.4) is 0 Å². The molecule has 178 valence electrons. The molecule has 8 heteroatoms. The third-order valence-electron chi connectivity index (χ3n) is 5.63. The predicted molar refractivity (Wildman–Crippen MR) is 132 cm³/mol. The average molecular weight is 480 g/mol. The summed E-state index contributed by atoms with van der Waals surface area (Å²) >= 11 is 0. The summed E-state index contributed by atoms with van der Waals surface area (Å²) in [5.41, 5.74) is 1.58. The fourth-order valence-electron chi connectivity index (χ4n) is 3.91. The topological polar surface area (TPSA) is 93.2 Å². The van der Waals surface area contributed by atoms with Gasteiger partial charge in [0.2, 0.25) is 0 Å². The van der Waals surface area contributed by atoms with E-state index in [9.17, 15) is 19.2 Å². The van der Waals surface area contributed by atoms with E-state index >= 15 is 0 Å². The first-order valence-electron chi connectivity index (χ1n) is 11.1. The molecular formula is C28H20N2O6. The van der Waals surface area contributed by atoms with Crippen LogP contribution in [0.1, 0.15) is 13.8 Å². The van der Waals surface area contributed by atoms with Gasteiger partial charge in [-0.15, -0.1) is 0 Å². The number of ether oxygens (including phenoxy) is 2. The highest BCUT2D eigenvalue weighted by molar-refractivity contribution is 6.31. The van der Waals surface area contributed by atoms with Gasteiger partial charge in [-0.1, -0.05) is 18.2 Å². The zero-order valence-electron chi connectivity index (χ0n) is 19.4. The quantitative estimate of drug-likeness (QED) is 0.466. The Labute approximate surface area is 206 Å². The van der Waals surface area contributed by atoms with Crippen molar-refractivity contribution in [1.82, 2.24) is 0 Å². The lowest BCUT2D eigenvalue weighted by Gasteiger charge is -2.16. The van der Waals surface area contributed by atoms with Crippen LogP contribution in [0.4, 0.5) is 11.4 Å². The Morgan fingerprint density at radius 3 is 1.25 bits per heavy atom. The molecule has 2 aliphatic heterocycles. The Bertz CT molecular complexity index is 1390. The van der Waals surface area contributed by atoms with Crippen LogP contribution in [0.5, 0.6) is 23.0 Å². The van der Waals surface area contributed by atoms with Crippen LogP contribution >= 0.6 is 0 Å². The number of hydrogen-bond acceptors (Lipinski definition) is 6. The van der Waals surface area contributed by atoms with E-state index in [1.54, 1.807) is 86.6 Å². The number of benzene rings is 3. The minimum Gasteiger partial charge on any atom is -0.457 e. The van der Waals surface area contributed by atoms with Crippen molar-refractivity contribution >= 4 is 35.0 Å². The summed E-state index contributed by atoms with van der Waals surface area (Å²) in [6, 6.07) is 20.3. The van der Waals surface area contributed by atoms with Crippen molar-refractivity contribution in [2.45, 2.75) is 13.8 Å². The lowest BCUT2D eigenvalue weighted by Crippen LogP contribution is -2.30. The van der Waals surface area contributed by atoms with Gasteiger partial charge < -0.3 is 9.47 Å². The van der Waals surface area contributed by atoms with Crippen LogP contribution in [0.15, 0.2) is 96.1 Å². The van der Waals surface area contributed by atoms with E-state index < -0.39 is 11.8 Å². The maximum atomic E-state index is 12.3. The minimum absolute atomic E-state index is 0.363. The first-order chi connectivity index (χ1) is 17.3. The molecule has 0 saturated carbocycles. The van der Waals surface area contributed by atoms with Crippen LogP contribution in [-0.2, 0) is 19.2 Å². The van der Waals surface area contributed by atoms with E-state index in [4.69, 9.17) is 9.47 Å². The Hall–Kier alpha value is -4.98. The number of hydrogen-bond donors (Lipinski definition) is 0. The number of carbonyl (C=O) groups excluding carboxylic acids is 4. The molecule has 0 unspecified atom stereocenters. The van der Waals surface area contributed by atoms with E-state index in [0.29, 0.717) is 45.5 Å². The Morgan fingerprint density at radius 1 is 0.528 bits per heavy atom. The first kappa shape index (κ1) is 22.8. The summed E-state index contributed by atoms with van der Waals surface area (Å²) in [6.45, 7) is 3.20. The number of amides is 4. The molecule has 3 aromatic carbocycles. The summed E-state index contributed by atoms with van der Waals surface area (Å²) in [4.78, 5) is 51.1. The van der Waals surface area contributed by atoms with Gasteiger partial charge >= 0.3 is 0 Å². The number of carbonyl (C=O) groups is 4. The molecule has 36 heavy (non-hydrogen) atoms. The van der Waals surface area contributed by atoms with Gasteiger partial charge in [0.25, 0.3) is 23.6 Å². The Kier molecular flexibility index (Phi) is 5.69. The summed E-state index contributed by atoms with van der Waals surface area (Å²) in [5.74, 6) is 0.302.